The molecular formula is C26H26N6O2S. The van der Waals surface area contributed by atoms with Crippen molar-refractivity contribution in [1.82, 2.24) is 20.5 Å². The number of nitrogens with zero attached hydrogens (tertiary/aromatic N) is 3. The van der Waals surface area contributed by atoms with Gasteiger partial charge in [0.25, 0.3) is 0 Å². The molecule has 1 heterocycles. The van der Waals surface area contributed by atoms with Crippen molar-refractivity contribution in [2.45, 2.75) is 18.1 Å². The van der Waals surface area contributed by atoms with Crippen LogP contribution in [0.5, 0.6) is 5.75 Å². The number of carbonyl (C=O) groups excluding carboxylic acids is 1. The van der Waals surface area contributed by atoms with Gasteiger partial charge < -0.3 is 10.1 Å². The molecule has 0 fully saturated rings. The van der Waals surface area contributed by atoms with E-state index in [0.29, 0.717) is 11.1 Å². The second-order valence-electron chi connectivity index (χ2n) is 7.61. The maximum absolute atomic E-state index is 12.8. The van der Waals surface area contributed by atoms with Crippen LogP contribution in [0.4, 0.5) is 5.95 Å². The Bertz CT molecular complexity index is 1220. The second kappa shape index (κ2) is 11.8. The third kappa shape index (κ3) is 6.70. The molecule has 0 saturated carbocycles. The summed E-state index contributed by atoms with van der Waals surface area (Å²) in [5, 5.41) is 14.9. The lowest BCUT2D eigenvalue weighted by Crippen LogP contribution is -2.30. The van der Waals surface area contributed by atoms with Gasteiger partial charge in [0.15, 0.2) is 0 Å². The summed E-state index contributed by atoms with van der Waals surface area (Å²) < 4.78 is 5.18. The number of benzene rings is 3. The molecule has 0 atom stereocenters. The summed E-state index contributed by atoms with van der Waals surface area (Å²) in [6, 6.07) is 27.2. The van der Waals surface area contributed by atoms with Crippen molar-refractivity contribution < 1.29 is 9.53 Å². The molecule has 0 aliphatic carbocycles. The van der Waals surface area contributed by atoms with Gasteiger partial charge in [-0.2, -0.15) is 10.1 Å². The molecular weight excluding hydrogens is 460 g/mol. The maximum atomic E-state index is 12.8. The molecule has 9 heteroatoms. The topological polar surface area (TPSA) is 104 Å². The minimum absolute atomic E-state index is 0.111. The first-order chi connectivity index (χ1) is 17.1. The van der Waals surface area contributed by atoms with E-state index in [0.717, 1.165) is 28.2 Å². The fourth-order valence-corrected chi connectivity index (χ4v) is 3.99. The van der Waals surface area contributed by atoms with E-state index in [-0.39, 0.29) is 17.7 Å². The molecule has 178 valence electrons. The summed E-state index contributed by atoms with van der Waals surface area (Å²) in [4.78, 5) is 17.1. The molecule has 3 N–H and O–H groups in total. The van der Waals surface area contributed by atoms with Crippen molar-refractivity contribution in [1.29, 1.82) is 0 Å². The van der Waals surface area contributed by atoms with Crippen LogP contribution in [-0.4, -0.2) is 39.7 Å². The molecule has 0 bridgehead atoms. The first-order valence-electron chi connectivity index (χ1n) is 11.0. The summed E-state index contributed by atoms with van der Waals surface area (Å²) in [6.07, 6.45) is 0. The van der Waals surface area contributed by atoms with E-state index in [9.17, 15) is 4.79 Å². The highest BCUT2D eigenvalue weighted by atomic mass is 32.2. The number of rotatable bonds is 10. The lowest BCUT2D eigenvalue weighted by molar-refractivity contribution is -0.119. The molecule has 0 saturated heterocycles. The van der Waals surface area contributed by atoms with E-state index in [1.807, 2.05) is 91.9 Å². The first-order valence-corrected chi connectivity index (χ1v) is 12.0. The molecule has 0 aliphatic rings. The lowest BCUT2D eigenvalue weighted by Gasteiger charge is -2.19. The largest absolute Gasteiger partial charge is 0.497 e. The number of aromatic nitrogens is 3. The van der Waals surface area contributed by atoms with Crippen LogP contribution in [-0.2, 0) is 4.79 Å². The summed E-state index contributed by atoms with van der Waals surface area (Å²) in [7, 11) is 1.63. The van der Waals surface area contributed by atoms with Gasteiger partial charge in [0, 0.05) is 0 Å². The highest BCUT2D eigenvalue weighted by Crippen LogP contribution is 2.22. The lowest BCUT2D eigenvalue weighted by atomic mass is 9.99. The van der Waals surface area contributed by atoms with E-state index in [4.69, 9.17) is 4.74 Å². The third-order valence-electron chi connectivity index (χ3n) is 5.21. The number of anilines is 1. The number of amides is 1. The van der Waals surface area contributed by atoms with Crippen LogP contribution >= 0.6 is 11.8 Å². The van der Waals surface area contributed by atoms with Gasteiger partial charge in [0.2, 0.25) is 17.0 Å². The Labute approximate surface area is 208 Å². The molecule has 3 aromatic carbocycles. The number of carbonyl (C=O) groups is 1. The van der Waals surface area contributed by atoms with Crippen LogP contribution in [0.25, 0.3) is 0 Å². The van der Waals surface area contributed by atoms with E-state index >= 15 is 0 Å². The summed E-state index contributed by atoms with van der Waals surface area (Å²) in [5.74, 6) is 1.25. The number of hydrogen-bond acceptors (Lipinski definition) is 7. The zero-order chi connectivity index (χ0) is 24.5. The van der Waals surface area contributed by atoms with Crippen molar-refractivity contribution in [3.8, 4) is 5.75 Å². The quantitative estimate of drug-likeness (QED) is 0.171. The first kappa shape index (κ1) is 24.0. The van der Waals surface area contributed by atoms with Crippen LogP contribution in [0.3, 0.4) is 0 Å². The predicted molar refractivity (Wildman–Crippen MR) is 139 cm³/mol. The van der Waals surface area contributed by atoms with Gasteiger partial charge in [-0.3, -0.25) is 4.79 Å². The fourth-order valence-electron chi connectivity index (χ4n) is 3.38. The SMILES string of the molecule is COc1ccc(/C(C)=N\Nc2nc(SCC(=O)NC(c3ccccc3)c3ccccc3)n[nH]2)cc1. The van der Waals surface area contributed by atoms with E-state index < -0.39 is 0 Å². The van der Waals surface area contributed by atoms with Crippen LogP contribution in [0, 0.1) is 0 Å². The highest BCUT2D eigenvalue weighted by molar-refractivity contribution is 7.99. The van der Waals surface area contributed by atoms with Crippen LogP contribution in [0.1, 0.15) is 29.7 Å². The summed E-state index contributed by atoms with van der Waals surface area (Å²) in [5.41, 5.74) is 6.65. The standard InChI is InChI=1S/C26H26N6O2S/c1-18(19-13-15-22(34-2)16-14-19)29-30-25-28-26(32-31-25)35-17-23(33)27-24(20-9-5-3-6-10-20)21-11-7-4-8-12-21/h3-16,24H,17H2,1-2H3,(H,27,33)(H2,28,30,31,32)/b29-18-. The van der Waals surface area contributed by atoms with Crippen LogP contribution < -0.4 is 15.5 Å². The number of methoxy groups -OCH3 is 1. The van der Waals surface area contributed by atoms with Crippen molar-refractivity contribution in [2.24, 2.45) is 5.10 Å². The zero-order valence-corrected chi connectivity index (χ0v) is 20.3. The van der Waals surface area contributed by atoms with E-state index in [1.54, 1.807) is 7.11 Å². The number of ether oxygens (including phenoxy) is 1. The molecule has 0 spiro atoms. The van der Waals surface area contributed by atoms with Gasteiger partial charge in [-0.1, -0.05) is 72.4 Å². The molecule has 1 aromatic heterocycles. The maximum Gasteiger partial charge on any atom is 0.240 e. The second-order valence-corrected chi connectivity index (χ2v) is 8.56. The zero-order valence-electron chi connectivity index (χ0n) is 19.4. The Balaban J connectivity index is 1.33. The molecule has 35 heavy (non-hydrogen) atoms. The molecule has 0 radical (unpaired) electrons. The molecule has 4 aromatic rings. The van der Waals surface area contributed by atoms with Gasteiger partial charge in [-0.05, 0) is 47.9 Å². The number of H-pyrrole nitrogens is 1. The minimum atomic E-state index is -0.231. The number of hydrazone groups is 1. The van der Waals surface area contributed by atoms with Crippen molar-refractivity contribution in [3.63, 3.8) is 0 Å². The molecule has 1 amide bonds. The third-order valence-corrected chi connectivity index (χ3v) is 6.05. The monoisotopic (exact) mass is 486 g/mol. The predicted octanol–water partition coefficient (Wildman–Crippen LogP) is 4.65. The molecule has 0 aliphatic heterocycles. The molecule has 0 unspecified atom stereocenters. The van der Waals surface area contributed by atoms with Gasteiger partial charge in [-0.25, -0.2) is 10.5 Å². The average Bonchev–Trinajstić information content (AvgIpc) is 3.38. The highest BCUT2D eigenvalue weighted by Gasteiger charge is 2.17. The fraction of sp³-hybridized carbons (Fsp3) is 0.154. The Hall–Kier alpha value is -4.11. The van der Waals surface area contributed by atoms with Crippen molar-refractivity contribution in [2.75, 3.05) is 18.3 Å². The Morgan fingerprint density at radius 3 is 2.23 bits per heavy atom. The minimum Gasteiger partial charge on any atom is -0.497 e. The van der Waals surface area contributed by atoms with Crippen LogP contribution in [0.15, 0.2) is 95.2 Å². The van der Waals surface area contributed by atoms with Gasteiger partial charge in [0.05, 0.1) is 24.6 Å². The summed E-state index contributed by atoms with van der Waals surface area (Å²) >= 11 is 1.25. The van der Waals surface area contributed by atoms with Crippen molar-refractivity contribution >= 4 is 29.3 Å². The van der Waals surface area contributed by atoms with Gasteiger partial charge in [0.1, 0.15) is 5.75 Å². The number of nitrogens with one attached hydrogen (secondary N) is 3. The van der Waals surface area contributed by atoms with E-state index in [2.05, 4.69) is 31.0 Å². The number of aromatic amines is 1. The normalized spacial score (nSPS) is 11.3. The van der Waals surface area contributed by atoms with Gasteiger partial charge in [-0.15, -0.1) is 5.10 Å². The number of thioether (sulfide) groups is 1. The molecule has 8 nitrogen and oxygen atoms in total. The number of hydrogen-bond donors (Lipinski definition) is 3. The molecule has 4 rings (SSSR count). The van der Waals surface area contributed by atoms with Crippen molar-refractivity contribution in [3.05, 3.63) is 102 Å². The Kier molecular flexibility index (Phi) is 8.13. The summed E-state index contributed by atoms with van der Waals surface area (Å²) in [6.45, 7) is 1.89. The average molecular weight is 487 g/mol. The van der Waals surface area contributed by atoms with Crippen LogP contribution in [0.2, 0.25) is 0 Å². The Morgan fingerprint density at radius 2 is 1.63 bits per heavy atom. The Morgan fingerprint density at radius 1 is 1.00 bits per heavy atom. The van der Waals surface area contributed by atoms with Gasteiger partial charge >= 0.3 is 0 Å². The van der Waals surface area contributed by atoms with E-state index in [1.165, 1.54) is 11.8 Å². The smallest absolute Gasteiger partial charge is 0.240 e.